The van der Waals surface area contributed by atoms with Gasteiger partial charge in [0.1, 0.15) is 23.0 Å². The van der Waals surface area contributed by atoms with Gasteiger partial charge in [0.15, 0.2) is 5.76 Å². The van der Waals surface area contributed by atoms with Crippen molar-refractivity contribution >= 4 is 40.5 Å². The van der Waals surface area contributed by atoms with Crippen molar-refractivity contribution in [3.63, 3.8) is 0 Å². The predicted molar refractivity (Wildman–Crippen MR) is 95.9 cm³/mol. The third kappa shape index (κ3) is 2.25. The number of aliphatic carboxylic acids is 1. The van der Waals surface area contributed by atoms with Gasteiger partial charge in [-0.2, -0.15) is 0 Å². The van der Waals surface area contributed by atoms with E-state index in [0.717, 1.165) is 5.39 Å². The van der Waals surface area contributed by atoms with E-state index in [-0.39, 0.29) is 17.0 Å². The second-order valence-corrected chi connectivity index (χ2v) is 8.87. The number of carbonyl (C=O) groups excluding carboxylic acids is 2. The molecule has 136 valence electrons. The van der Waals surface area contributed by atoms with Crippen LogP contribution in [0.25, 0.3) is 11.0 Å². The van der Waals surface area contributed by atoms with E-state index < -0.39 is 28.7 Å². The molecule has 3 atom stereocenters. The van der Waals surface area contributed by atoms with Crippen LogP contribution in [0, 0.1) is 6.92 Å². The SMILES string of the molecule is Cc1c(C(=O)N[C@@H]2C(=O)N3[C@@H]2SC(C)(C)[C@@H]3C(=O)O)oc2ccccc12. The van der Waals surface area contributed by atoms with Gasteiger partial charge in [-0.3, -0.25) is 9.59 Å². The molecule has 3 heterocycles. The molecule has 2 aliphatic heterocycles. The van der Waals surface area contributed by atoms with Crippen molar-refractivity contribution in [2.75, 3.05) is 0 Å². The lowest BCUT2D eigenvalue weighted by Gasteiger charge is -2.43. The predicted octanol–water partition coefficient (Wildman–Crippen LogP) is 1.99. The normalized spacial score (nSPS) is 26.5. The van der Waals surface area contributed by atoms with Crippen molar-refractivity contribution in [3.05, 3.63) is 35.6 Å². The van der Waals surface area contributed by atoms with Crippen LogP contribution >= 0.6 is 11.8 Å². The van der Waals surface area contributed by atoms with Crippen LogP contribution in [0.4, 0.5) is 0 Å². The summed E-state index contributed by atoms with van der Waals surface area (Å²) >= 11 is 1.39. The van der Waals surface area contributed by atoms with Crippen molar-refractivity contribution in [1.29, 1.82) is 0 Å². The number of rotatable bonds is 3. The number of nitrogens with zero attached hydrogens (tertiary/aromatic N) is 1. The number of para-hydroxylation sites is 1. The summed E-state index contributed by atoms with van der Waals surface area (Å²) in [5.41, 5.74) is 1.32. The molecular formula is C18H18N2O5S. The topological polar surface area (TPSA) is 99.9 Å². The van der Waals surface area contributed by atoms with Crippen molar-refractivity contribution in [2.45, 2.75) is 43.0 Å². The van der Waals surface area contributed by atoms with Gasteiger partial charge in [-0.25, -0.2) is 4.79 Å². The molecule has 0 spiro atoms. The second kappa shape index (κ2) is 5.51. The van der Waals surface area contributed by atoms with Crippen LogP contribution in [0.5, 0.6) is 0 Å². The molecule has 2 aliphatic rings. The summed E-state index contributed by atoms with van der Waals surface area (Å²) in [5.74, 6) is -1.69. The fraction of sp³-hybridized carbons (Fsp3) is 0.389. The molecule has 0 aliphatic carbocycles. The summed E-state index contributed by atoms with van der Waals surface area (Å²) in [6.07, 6.45) is 0. The number of hydrogen-bond donors (Lipinski definition) is 2. The number of carboxylic acids is 1. The van der Waals surface area contributed by atoms with Crippen LogP contribution in [0.2, 0.25) is 0 Å². The van der Waals surface area contributed by atoms with Gasteiger partial charge < -0.3 is 19.7 Å². The van der Waals surface area contributed by atoms with E-state index in [1.54, 1.807) is 26.8 Å². The van der Waals surface area contributed by atoms with Crippen LogP contribution in [-0.4, -0.2) is 50.0 Å². The van der Waals surface area contributed by atoms with E-state index >= 15 is 0 Å². The first kappa shape index (κ1) is 17.0. The Morgan fingerprint density at radius 3 is 2.65 bits per heavy atom. The maximum Gasteiger partial charge on any atom is 0.327 e. The Balaban J connectivity index is 1.57. The highest BCUT2D eigenvalue weighted by Gasteiger charge is 2.64. The van der Waals surface area contributed by atoms with Crippen LogP contribution in [0.1, 0.15) is 30.0 Å². The molecule has 0 saturated carbocycles. The quantitative estimate of drug-likeness (QED) is 0.797. The lowest BCUT2D eigenvalue weighted by atomic mass is 9.96. The molecule has 1 aromatic carbocycles. The number of furan rings is 1. The average molecular weight is 374 g/mol. The smallest absolute Gasteiger partial charge is 0.327 e. The molecule has 2 aromatic rings. The van der Waals surface area contributed by atoms with Crippen molar-refractivity contribution in [3.8, 4) is 0 Å². The number of β-lactam (4-membered cyclic amide) rings is 1. The monoisotopic (exact) mass is 374 g/mol. The van der Waals surface area contributed by atoms with Gasteiger partial charge in [0.2, 0.25) is 5.91 Å². The first-order chi connectivity index (χ1) is 12.2. The molecule has 2 fully saturated rings. The molecule has 26 heavy (non-hydrogen) atoms. The zero-order chi connectivity index (χ0) is 18.8. The van der Waals surface area contributed by atoms with Crippen molar-refractivity contribution in [2.24, 2.45) is 0 Å². The summed E-state index contributed by atoms with van der Waals surface area (Å²) < 4.78 is 5.02. The molecule has 0 unspecified atom stereocenters. The van der Waals surface area contributed by atoms with Gasteiger partial charge in [0.25, 0.3) is 5.91 Å². The van der Waals surface area contributed by atoms with Gasteiger partial charge in [0, 0.05) is 15.7 Å². The maximum absolute atomic E-state index is 12.6. The zero-order valence-corrected chi connectivity index (χ0v) is 15.3. The number of nitrogens with one attached hydrogen (secondary N) is 1. The number of amides is 2. The fourth-order valence-electron chi connectivity index (χ4n) is 3.74. The third-order valence-corrected chi connectivity index (χ3v) is 6.58. The fourth-order valence-corrected chi connectivity index (χ4v) is 5.37. The lowest BCUT2D eigenvalue weighted by Crippen LogP contribution is -2.70. The highest BCUT2D eigenvalue weighted by molar-refractivity contribution is 8.01. The zero-order valence-electron chi connectivity index (χ0n) is 14.5. The molecule has 4 rings (SSSR count). The second-order valence-electron chi connectivity index (χ2n) is 7.10. The van der Waals surface area contributed by atoms with Crippen LogP contribution in [-0.2, 0) is 9.59 Å². The number of carboxylic acid groups (broad SMARTS) is 1. The highest BCUT2D eigenvalue weighted by atomic mass is 32.2. The van der Waals surface area contributed by atoms with E-state index in [1.807, 2.05) is 18.2 Å². The van der Waals surface area contributed by atoms with Gasteiger partial charge in [-0.15, -0.1) is 11.8 Å². The molecular weight excluding hydrogens is 356 g/mol. The highest BCUT2D eigenvalue weighted by Crippen LogP contribution is 2.50. The van der Waals surface area contributed by atoms with Gasteiger partial charge in [-0.05, 0) is 26.8 Å². The Kier molecular flexibility index (Phi) is 3.59. The third-order valence-electron chi connectivity index (χ3n) is 5.01. The molecule has 2 saturated heterocycles. The number of carbonyl (C=O) groups is 3. The Labute approximate surface area is 153 Å². The molecule has 2 amide bonds. The standard InChI is InChI=1S/C18H18N2O5S/c1-8-9-6-4-5-7-10(9)25-12(8)14(21)19-11-15(22)20-13(17(23)24)18(2,3)26-16(11)20/h4-7,11,13,16H,1-3H3,(H,19,21)(H,23,24)/t11-,13+,16-/m1/s1. The number of hydrogen-bond acceptors (Lipinski definition) is 5. The Bertz CT molecular complexity index is 950. The van der Waals surface area contributed by atoms with Crippen LogP contribution < -0.4 is 5.32 Å². The molecule has 8 heteroatoms. The molecule has 0 bridgehead atoms. The molecule has 1 aromatic heterocycles. The van der Waals surface area contributed by atoms with Crippen LogP contribution in [0.3, 0.4) is 0 Å². The molecule has 0 radical (unpaired) electrons. The summed E-state index contributed by atoms with van der Waals surface area (Å²) in [5, 5.41) is 12.6. The minimum Gasteiger partial charge on any atom is -0.480 e. The van der Waals surface area contributed by atoms with Gasteiger partial charge in [-0.1, -0.05) is 18.2 Å². The number of fused-ring (bicyclic) bond motifs is 2. The van der Waals surface area contributed by atoms with E-state index in [0.29, 0.717) is 11.1 Å². The first-order valence-electron chi connectivity index (χ1n) is 8.24. The van der Waals surface area contributed by atoms with Crippen molar-refractivity contribution < 1.29 is 23.9 Å². The largest absolute Gasteiger partial charge is 0.480 e. The summed E-state index contributed by atoms with van der Waals surface area (Å²) in [6.45, 7) is 5.39. The minimum absolute atomic E-state index is 0.175. The van der Waals surface area contributed by atoms with Gasteiger partial charge >= 0.3 is 5.97 Å². The lowest BCUT2D eigenvalue weighted by molar-refractivity contribution is -0.159. The number of thioether (sulfide) groups is 1. The Hall–Kier alpha value is -2.48. The Morgan fingerprint density at radius 1 is 1.31 bits per heavy atom. The van der Waals surface area contributed by atoms with E-state index in [1.165, 1.54) is 16.7 Å². The van der Waals surface area contributed by atoms with Crippen LogP contribution in [0.15, 0.2) is 28.7 Å². The van der Waals surface area contributed by atoms with E-state index in [2.05, 4.69) is 5.32 Å². The maximum atomic E-state index is 12.6. The average Bonchev–Trinajstić information content (AvgIpc) is 3.05. The summed E-state index contributed by atoms with van der Waals surface area (Å²) in [4.78, 5) is 38.0. The number of benzene rings is 1. The number of aryl methyl sites for hydroxylation is 1. The molecule has 2 N–H and O–H groups in total. The summed E-state index contributed by atoms with van der Waals surface area (Å²) in [6, 6.07) is 5.69. The minimum atomic E-state index is -1.03. The molecule has 7 nitrogen and oxygen atoms in total. The van der Waals surface area contributed by atoms with Gasteiger partial charge in [0.05, 0.1) is 0 Å². The first-order valence-corrected chi connectivity index (χ1v) is 9.12. The Morgan fingerprint density at radius 2 is 2.00 bits per heavy atom. The van der Waals surface area contributed by atoms with E-state index in [4.69, 9.17) is 4.42 Å². The summed E-state index contributed by atoms with van der Waals surface area (Å²) in [7, 11) is 0. The van der Waals surface area contributed by atoms with E-state index in [9.17, 15) is 19.5 Å². The van der Waals surface area contributed by atoms with Crippen molar-refractivity contribution in [1.82, 2.24) is 10.2 Å².